The number of hydrogen-bond acceptors (Lipinski definition) is 1. The van der Waals surface area contributed by atoms with Crippen molar-refractivity contribution in [3.63, 3.8) is 0 Å². The zero-order valence-corrected chi connectivity index (χ0v) is 10.8. The van der Waals surface area contributed by atoms with E-state index in [2.05, 4.69) is 25.7 Å². The predicted molar refractivity (Wildman–Crippen MR) is 72.7 cm³/mol. The molecule has 0 aliphatic heterocycles. The number of amides is 1. The van der Waals surface area contributed by atoms with Gasteiger partial charge in [-0.05, 0) is 24.8 Å². The standard InChI is InChI=1S/C15H21NO/c1-4-6-7-13-8-10-14(11-9-13)15(17)16(3)12-5-2/h5-8,10H,2,4,9,11-12H2,1,3H3/b7-6-. The van der Waals surface area contributed by atoms with Crippen molar-refractivity contribution in [3.8, 4) is 0 Å². The fourth-order valence-electron chi connectivity index (χ4n) is 1.76. The summed E-state index contributed by atoms with van der Waals surface area (Å²) in [7, 11) is 1.81. The summed E-state index contributed by atoms with van der Waals surface area (Å²) < 4.78 is 0. The molecule has 0 aromatic heterocycles. The lowest BCUT2D eigenvalue weighted by atomic mass is 9.97. The van der Waals surface area contributed by atoms with E-state index in [1.54, 1.807) is 18.0 Å². The number of rotatable bonds is 5. The number of carbonyl (C=O) groups is 1. The molecule has 0 radical (unpaired) electrons. The van der Waals surface area contributed by atoms with Crippen molar-refractivity contribution < 1.29 is 4.79 Å². The average Bonchev–Trinajstić information content (AvgIpc) is 2.36. The highest BCUT2D eigenvalue weighted by Crippen LogP contribution is 2.20. The van der Waals surface area contributed by atoms with Crippen LogP contribution in [0.25, 0.3) is 0 Å². The quantitative estimate of drug-likeness (QED) is 0.665. The van der Waals surface area contributed by atoms with Gasteiger partial charge in [0.25, 0.3) is 0 Å². The molecule has 1 rings (SSSR count). The SMILES string of the molecule is C=CCN(C)C(=O)C1=CC=C(/C=C\CC)CC1. The van der Waals surface area contributed by atoms with Gasteiger partial charge in [-0.1, -0.05) is 37.3 Å². The minimum atomic E-state index is 0.111. The van der Waals surface area contributed by atoms with E-state index >= 15 is 0 Å². The summed E-state index contributed by atoms with van der Waals surface area (Å²) in [6.07, 6.45) is 12.9. The van der Waals surface area contributed by atoms with Gasteiger partial charge in [0, 0.05) is 19.2 Å². The Labute approximate surface area is 104 Å². The van der Waals surface area contributed by atoms with Gasteiger partial charge in [-0.3, -0.25) is 4.79 Å². The third kappa shape index (κ3) is 4.06. The van der Waals surface area contributed by atoms with Crippen molar-refractivity contribution in [2.75, 3.05) is 13.6 Å². The van der Waals surface area contributed by atoms with Crippen LogP contribution in [0.15, 0.2) is 48.1 Å². The minimum absolute atomic E-state index is 0.111. The highest BCUT2D eigenvalue weighted by atomic mass is 16.2. The van der Waals surface area contributed by atoms with Crippen molar-refractivity contribution in [2.24, 2.45) is 0 Å². The van der Waals surface area contributed by atoms with Gasteiger partial charge in [-0.25, -0.2) is 0 Å². The maximum atomic E-state index is 12.0. The van der Waals surface area contributed by atoms with Crippen LogP contribution < -0.4 is 0 Å². The molecule has 2 nitrogen and oxygen atoms in total. The van der Waals surface area contributed by atoms with E-state index in [4.69, 9.17) is 0 Å². The summed E-state index contributed by atoms with van der Waals surface area (Å²) in [4.78, 5) is 13.7. The normalized spacial score (nSPS) is 15.4. The molecule has 1 amide bonds. The molecule has 2 heteroatoms. The molecule has 0 bridgehead atoms. The van der Waals surface area contributed by atoms with E-state index in [0.29, 0.717) is 6.54 Å². The highest BCUT2D eigenvalue weighted by molar-refractivity contribution is 5.94. The molecular formula is C15H21NO. The van der Waals surface area contributed by atoms with Crippen molar-refractivity contribution in [1.82, 2.24) is 4.90 Å². The molecule has 0 saturated heterocycles. The predicted octanol–water partition coefficient (Wildman–Crippen LogP) is 3.24. The number of likely N-dealkylation sites (N-methyl/N-ethyl adjacent to an activating group) is 1. The highest BCUT2D eigenvalue weighted by Gasteiger charge is 2.15. The van der Waals surface area contributed by atoms with E-state index in [-0.39, 0.29) is 5.91 Å². The first-order valence-corrected chi connectivity index (χ1v) is 6.11. The Balaban J connectivity index is 2.66. The van der Waals surface area contributed by atoms with Crippen molar-refractivity contribution in [1.29, 1.82) is 0 Å². The molecule has 0 atom stereocenters. The van der Waals surface area contributed by atoms with Gasteiger partial charge >= 0.3 is 0 Å². The van der Waals surface area contributed by atoms with Crippen molar-refractivity contribution in [3.05, 3.63) is 48.1 Å². The minimum Gasteiger partial charge on any atom is -0.338 e. The second-order valence-electron chi connectivity index (χ2n) is 4.22. The lowest BCUT2D eigenvalue weighted by molar-refractivity contribution is -0.125. The van der Waals surface area contributed by atoms with Gasteiger partial charge < -0.3 is 4.90 Å². The zero-order valence-electron chi connectivity index (χ0n) is 10.8. The second kappa shape index (κ2) is 6.89. The van der Waals surface area contributed by atoms with Gasteiger partial charge in [0.15, 0.2) is 0 Å². The van der Waals surface area contributed by atoms with Gasteiger partial charge in [0.1, 0.15) is 0 Å². The Morgan fingerprint density at radius 2 is 2.24 bits per heavy atom. The van der Waals surface area contributed by atoms with E-state index in [9.17, 15) is 4.79 Å². The monoisotopic (exact) mass is 231 g/mol. The van der Waals surface area contributed by atoms with E-state index in [1.165, 1.54) is 5.57 Å². The van der Waals surface area contributed by atoms with Crippen LogP contribution in [0.2, 0.25) is 0 Å². The lowest BCUT2D eigenvalue weighted by Crippen LogP contribution is -2.28. The van der Waals surface area contributed by atoms with Gasteiger partial charge in [0.2, 0.25) is 5.91 Å². The molecule has 0 unspecified atom stereocenters. The summed E-state index contributed by atoms with van der Waals surface area (Å²) in [6, 6.07) is 0. The molecule has 0 aromatic rings. The van der Waals surface area contributed by atoms with Crippen LogP contribution in [0.3, 0.4) is 0 Å². The first-order valence-electron chi connectivity index (χ1n) is 6.11. The number of nitrogens with zero attached hydrogens (tertiary/aromatic N) is 1. The van der Waals surface area contributed by atoms with E-state index < -0.39 is 0 Å². The summed E-state index contributed by atoms with van der Waals surface area (Å²) in [5.41, 5.74) is 2.19. The van der Waals surface area contributed by atoms with Gasteiger partial charge in [-0.2, -0.15) is 0 Å². The lowest BCUT2D eigenvalue weighted by Gasteiger charge is -2.19. The average molecular weight is 231 g/mol. The first-order chi connectivity index (χ1) is 8.19. The van der Waals surface area contributed by atoms with Gasteiger partial charge in [-0.15, -0.1) is 6.58 Å². The first kappa shape index (κ1) is 13.5. The Morgan fingerprint density at radius 3 is 2.76 bits per heavy atom. The summed E-state index contributed by atoms with van der Waals surface area (Å²) in [6.45, 7) is 6.36. The topological polar surface area (TPSA) is 20.3 Å². The maximum absolute atomic E-state index is 12.0. The molecule has 0 saturated carbocycles. The molecule has 0 fully saturated rings. The fraction of sp³-hybridized carbons (Fsp3) is 0.400. The number of allylic oxidation sites excluding steroid dienone is 5. The molecule has 0 N–H and O–H groups in total. The molecular weight excluding hydrogens is 210 g/mol. The third-order valence-electron chi connectivity index (χ3n) is 2.77. The fourth-order valence-corrected chi connectivity index (χ4v) is 1.76. The molecule has 17 heavy (non-hydrogen) atoms. The summed E-state index contributed by atoms with van der Waals surface area (Å²) in [5.74, 6) is 0.111. The van der Waals surface area contributed by atoms with Crippen LogP contribution in [-0.2, 0) is 4.79 Å². The van der Waals surface area contributed by atoms with E-state index in [0.717, 1.165) is 24.8 Å². The molecule has 1 aliphatic rings. The summed E-state index contributed by atoms with van der Waals surface area (Å²) >= 11 is 0. The number of hydrogen-bond donors (Lipinski definition) is 0. The Morgan fingerprint density at radius 1 is 1.47 bits per heavy atom. The van der Waals surface area contributed by atoms with E-state index in [1.807, 2.05) is 12.2 Å². The zero-order chi connectivity index (χ0) is 12.7. The largest absolute Gasteiger partial charge is 0.338 e. The Hall–Kier alpha value is -1.57. The van der Waals surface area contributed by atoms with Crippen LogP contribution in [0.5, 0.6) is 0 Å². The summed E-state index contributed by atoms with van der Waals surface area (Å²) in [5, 5.41) is 0. The molecule has 0 aromatic carbocycles. The molecule has 1 aliphatic carbocycles. The number of carbonyl (C=O) groups excluding carboxylic acids is 1. The van der Waals surface area contributed by atoms with Crippen LogP contribution in [0, 0.1) is 0 Å². The van der Waals surface area contributed by atoms with Crippen LogP contribution in [-0.4, -0.2) is 24.4 Å². The van der Waals surface area contributed by atoms with Crippen LogP contribution >= 0.6 is 0 Å². The van der Waals surface area contributed by atoms with Gasteiger partial charge in [0.05, 0.1) is 0 Å². The van der Waals surface area contributed by atoms with Crippen LogP contribution in [0.1, 0.15) is 26.2 Å². The smallest absolute Gasteiger partial charge is 0.249 e. The third-order valence-corrected chi connectivity index (χ3v) is 2.77. The molecule has 92 valence electrons. The maximum Gasteiger partial charge on any atom is 0.249 e. The Kier molecular flexibility index (Phi) is 5.47. The second-order valence-corrected chi connectivity index (χ2v) is 4.22. The van der Waals surface area contributed by atoms with Crippen molar-refractivity contribution >= 4 is 5.91 Å². The molecule has 0 spiro atoms. The van der Waals surface area contributed by atoms with Crippen LogP contribution in [0.4, 0.5) is 0 Å². The Bertz CT molecular complexity index is 374. The molecule has 0 heterocycles. The van der Waals surface area contributed by atoms with Crippen molar-refractivity contribution in [2.45, 2.75) is 26.2 Å².